The minimum absolute atomic E-state index is 0.0711. The third-order valence-electron chi connectivity index (χ3n) is 4.79. The van der Waals surface area contributed by atoms with Gasteiger partial charge in [-0.2, -0.15) is 12.6 Å². The number of amides is 3. The summed E-state index contributed by atoms with van der Waals surface area (Å²) in [4.78, 5) is 51.3. The Kier molecular flexibility index (Phi) is 9.05. The van der Waals surface area contributed by atoms with E-state index < -0.39 is 54.5 Å². The molecule has 0 fully saturated rings. The number of nitrogens with one attached hydrogen (secondary N) is 4. The Balaban J connectivity index is 2.14. The molecule has 0 aliphatic rings. The number of hydrogen-bond donors (Lipinski definition) is 8. The van der Waals surface area contributed by atoms with E-state index in [0.29, 0.717) is 0 Å². The van der Waals surface area contributed by atoms with Crippen LogP contribution in [0.25, 0.3) is 10.9 Å². The van der Waals surface area contributed by atoms with Crippen LogP contribution in [0, 0.1) is 0 Å². The first kappa shape index (κ1) is 25.2. The fourth-order valence-corrected chi connectivity index (χ4v) is 3.18. The Bertz CT molecular complexity index is 978. The number of rotatable bonds is 11. The smallest absolute Gasteiger partial charge is 0.327 e. The lowest BCUT2D eigenvalue weighted by atomic mass is 10.0. The molecule has 1 aromatic carbocycles. The largest absolute Gasteiger partial charge is 0.480 e. The summed E-state index contributed by atoms with van der Waals surface area (Å²) in [6.45, 7) is 0.859. The molecule has 0 aliphatic carbocycles. The minimum atomic E-state index is -1.26. The number of carbonyl (C=O) groups is 4. The molecule has 8 N–H and O–H groups in total. The van der Waals surface area contributed by atoms with Crippen LogP contribution in [0.4, 0.5) is 0 Å². The van der Waals surface area contributed by atoms with Gasteiger partial charge in [0.2, 0.25) is 17.7 Å². The van der Waals surface area contributed by atoms with Crippen LogP contribution in [-0.2, 0) is 25.6 Å². The molecule has 0 saturated carbocycles. The number of aliphatic carboxylic acids is 1. The SMILES string of the molecule is CC(O)C(N)C(=O)NCC(=O)NC(Cc1c[nH]c2ccccc12)C(=O)NC(CS)C(=O)O. The first-order chi connectivity index (χ1) is 15.1. The number of aromatic nitrogens is 1. The number of H-pyrrole nitrogens is 1. The van der Waals surface area contributed by atoms with Crippen molar-refractivity contribution < 1.29 is 29.4 Å². The third-order valence-corrected chi connectivity index (χ3v) is 5.16. The lowest BCUT2D eigenvalue weighted by Crippen LogP contribution is -2.55. The van der Waals surface area contributed by atoms with Gasteiger partial charge >= 0.3 is 5.97 Å². The number of fused-ring (bicyclic) bond motifs is 1. The summed E-state index contributed by atoms with van der Waals surface area (Å²) >= 11 is 3.93. The molecule has 2 aromatic rings. The van der Waals surface area contributed by atoms with Crippen LogP contribution in [0.1, 0.15) is 12.5 Å². The molecule has 0 bridgehead atoms. The monoisotopic (exact) mass is 465 g/mol. The second-order valence-corrected chi connectivity index (χ2v) is 7.62. The van der Waals surface area contributed by atoms with Gasteiger partial charge in [0.05, 0.1) is 12.6 Å². The van der Waals surface area contributed by atoms with Crippen LogP contribution in [0.15, 0.2) is 30.5 Å². The maximum atomic E-state index is 12.8. The summed E-state index contributed by atoms with van der Waals surface area (Å²) in [6.07, 6.45) is 0.669. The van der Waals surface area contributed by atoms with Crippen molar-refractivity contribution in [2.75, 3.05) is 12.3 Å². The average molecular weight is 466 g/mol. The molecule has 3 amide bonds. The number of hydrogen-bond acceptors (Lipinski definition) is 7. The summed E-state index contributed by atoms with van der Waals surface area (Å²) in [5.74, 6) is -3.52. The van der Waals surface area contributed by atoms with Gasteiger partial charge in [-0.1, -0.05) is 18.2 Å². The molecule has 1 heterocycles. The quantitative estimate of drug-likeness (QED) is 0.186. The zero-order valence-corrected chi connectivity index (χ0v) is 18.3. The summed E-state index contributed by atoms with van der Waals surface area (Å²) < 4.78 is 0. The van der Waals surface area contributed by atoms with E-state index >= 15 is 0 Å². The van der Waals surface area contributed by atoms with E-state index in [1.807, 2.05) is 24.3 Å². The van der Waals surface area contributed by atoms with Crippen LogP contribution < -0.4 is 21.7 Å². The van der Waals surface area contributed by atoms with Crippen molar-refractivity contribution in [3.63, 3.8) is 0 Å². The summed E-state index contributed by atoms with van der Waals surface area (Å²) in [6, 6.07) is 3.82. The molecule has 0 saturated heterocycles. The Morgan fingerprint density at radius 1 is 1.12 bits per heavy atom. The van der Waals surface area contributed by atoms with E-state index in [2.05, 4.69) is 33.6 Å². The fourth-order valence-electron chi connectivity index (χ4n) is 2.94. The highest BCUT2D eigenvalue weighted by atomic mass is 32.1. The highest BCUT2D eigenvalue weighted by Crippen LogP contribution is 2.19. The molecule has 0 aliphatic heterocycles. The van der Waals surface area contributed by atoms with Gasteiger partial charge < -0.3 is 36.9 Å². The molecule has 11 nitrogen and oxygen atoms in total. The lowest BCUT2D eigenvalue weighted by molar-refractivity contribution is -0.141. The Hall–Kier alpha value is -3.09. The number of carboxylic acids is 1. The Labute approximate surface area is 189 Å². The number of benzene rings is 1. The van der Waals surface area contributed by atoms with E-state index in [4.69, 9.17) is 5.73 Å². The van der Waals surface area contributed by atoms with Crippen molar-refractivity contribution in [1.82, 2.24) is 20.9 Å². The number of aromatic amines is 1. The van der Waals surface area contributed by atoms with E-state index in [1.165, 1.54) is 6.92 Å². The highest BCUT2D eigenvalue weighted by molar-refractivity contribution is 7.80. The van der Waals surface area contributed by atoms with Gasteiger partial charge in [0.15, 0.2) is 0 Å². The third kappa shape index (κ3) is 6.70. The van der Waals surface area contributed by atoms with Crippen LogP contribution in [0.3, 0.4) is 0 Å². The van der Waals surface area contributed by atoms with Crippen molar-refractivity contribution in [3.8, 4) is 0 Å². The van der Waals surface area contributed by atoms with Crippen molar-refractivity contribution >= 4 is 47.2 Å². The Morgan fingerprint density at radius 2 is 1.81 bits per heavy atom. The molecular weight excluding hydrogens is 438 g/mol. The lowest BCUT2D eigenvalue weighted by Gasteiger charge is -2.21. The molecule has 0 radical (unpaired) electrons. The predicted molar refractivity (Wildman–Crippen MR) is 120 cm³/mol. The van der Waals surface area contributed by atoms with Crippen LogP contribution in [0.5, 0.6) is 0 Å². The van der Waals surface area contributed by atoms with E-state index in [-0.39, 0.29) is 12.2 Å². The molecule has 12 heteroatoms. The molecule has 0 spiro atoms. The Morgan fingerprint density at radius 3 is 2.44 bits per heavy atom. The van der Waals surface area contributed by atoms with Crippen LogP contribution >= 0.6 is 12.6 Å². The second kappa shape index (κ2) is 11.5. The van der Waals surface area contributed by atoms with Crippen molar-refractivity contribution in [2.24, 2.45) is 5.73 Å². The molecule has 4 atom stereocenters. The normalized spacial score (nSPS) is 14.8. The summed E-state index contributed by atoms with van der Waals surface area (Å²) in [5, 5.41) is 26.5. The number of aliphatic hydroxyl groups is 1. The molecule has 2 rings (SSSR count). The zero-order chi connectivity index (χ0) is 23.8. The number of carboxylic acid groups (broad SMARTS) is 1. The van der Waals surface area contributed by atoms with Crippen molar-refractivity contribution in [2.45, 2.75) is 37.6 Å². The maximum absolute atomic E-state index is 12.8. The number of para-hydroxylation sites is 1. The standard InChI is InChI=1S/C20H27N5O6S/c1-10(26)17(21)19(29)23-8-16(27)24-14(18(28)25-15(9-32)20(30)31)6-11-7-22-13-5-3-2-4-12(11)13/h2-5,7,10,14-15,17,22,26,32H,6,8-9,21H2,1H3,(H,23,29)(H,24,27)(H,25,28)(H,30,31). The number of carbonyl (C=O) groups excluding carboxylic acids is 3. The maximum Gasteiger partial charge on any atom is 0.327 e. The molecule has 32 heavy (non-hydrogen) atoms. The van der Waals surface area contributed by atoms with Crippen molar-refractivity contribution in [3.05, 3.63) is 36.0 Å². The summed E-state index contributed by atoms with van der Waals surface area (Å²) in [7, 11) is 0. The molecule has 174 valence electrons. The van der Waals surface area contributed by atoms with Crippen molar-refractivity contribution in [1.29, 1.82) is 0 Å². The summed E-state index contributed by atoms with van der Waals surface area (Å²) in [5.41, 5.74) is 7.09. The predicted octanol–water partition coefficient (Wildman–Crippen LogP) is -1.48. The highest BCUT2D eigenvalue weighted by Gasteiger charge is 2.27. The van der Waals surface area contributed by atoms with Gasteiger partial charge in [0, 0.05) is 29.3 Å². The number of nitrogens with two attached hydrogens (primary N) is 1. The molecule has 4 unspecified atom stereocenters. The first-order valence-corrected chi connectivity index (χ1v) is 10.5. The van der Waals surface area contributed by atoms with Gasteiger partial charge in [-0.05, 0) is 18.6 Å². The zero-order valence-electron chi connectivity index (χ0n) is 17.4. The van der Waals surface area contributed by atoms with Gasteiger partial charge in [0.25, 0.3) is 0 Å². The first-order valence-electron chi connectivity index (χ1n) is 9.83. The van der Waals surface area contributed by atoms with Gasteiger partial charge in [-0.25, -0.2) is 4.79 Å². The fraction of sp³-hybridized carbons (Fsp3) is 0.400. The average Bonchev–Trinajstić information content (AvgIpc) is 3.17. The van der Waals surface area contributed by atoms with Crippen LogP contribution in [0.2, 0.25) is 0 Å². The van der Waals surface area contributed by atoms with Gasteiger partial charge in [0.1, 0.15) is 18.1 Å². The topological polar surface area (TPSA) is 187 Å². The molecular formula is C20H27N5O6S. The van der Waals surface area contributed by atoms with Gasteiger partial charge in [-0.3, -0.25) is 14.4 Å². The van der Waals surface area contributed by atoms with Crippen LogP contribution in [-0.4, -0.2) is 75.4 Å². The number of aliphatic hydroxyl groups excluding tert-OH is 1. The van der Waals surface area contributed by atoms with E-state index in [1.54, 1.807) is 6.20 Å². The minimum Gasteiger partial charge on any atom is -0.480 e. The van der Waals surface area contributed by atoms with E-state index in [0.717, 1.165) is 16.5 Å². The second-order valence-electron chi connectivity index (χ2n) is 7.25. The number of thiol groups is 1. The van der Waals surface area contributed by atoms with Gasteiger partial charge in [-0.15, -0.1) is 0 Å². The van der Waals surface area contributed by atoms with E-state index in [9.17, 15) is 29.4 Å². The molecule has 1 aromatic heterocycles.